The van der Waals surface area contributed by atoms with Crippen molar-refractivity contribution in [1.29, 1.82) is 0 Å². The molecule has 0 heterocycles. The Bertz CT molecular complexity index is 443. The molecule has 0 bridgehead atoms. The van der Waals surface area contributed by atoms with Crippen LogP contribution in [0.4, 0.5) is 0 Å². The molecule has 2 rings (SSSR count). The molecule has 0 fully saturated rings. The van der Waals surface area contributed by atoms with Crippen molar-refractivity contribution in [2.24, 2.45) is 0 Å². The Kier molecular flexibility index (Phi) is 3.77. The molecular formula is C13H14OS2. The molecule has 3 heteroatoms. The molecule has 84 valence electrons. The van der Waals surface area contributed by atoms with Crippen LogP contribution >= 0.6 is 23.5 Å². The minimum atomic E-state index is 0.262. The second-order valence-corrected chi connectivity index (χ2v) is 5.62. The van der Waals surface area contributed by atoms with E-state index >= 15 is 0 Å². The van der Waals surface area contributed by atoms with Gasteiger partial charge in [-0.25, -0.2) is 0 Å². The highest BCUT2D eigenvalue weighted by Gasteiger charge is 2.21. The van der Waals surface area contributed by atoms with E-state index in [0.717, 1.165) is 12.0 Å². The fraction of sp³-hybridized carbons (Fsp3) is 0.308. The molecule has 0 unspecified atom stereocenters. The van der Waals surface area contributed by atoms with Gasteiger partial charge in [0.15, 0.2) is 5.78 Å². The Balaban J connectivity index is 2.41. The molecule has 0 aliphatic heterocycles. The molecule has 0 aromatic heterocycles. The molecular weight excluding hydrogens is 236 g/mol. The number of thioether (sulfide) groups is 2. The summed E-state index contributed by atoms with van der Waals surface area (Å²) in [5, 5.41) is 0. The van der Waals surface area contributed by atoms with Gasteiger partial charge in [0, 0.05) is 16.2 Å². The molecule has 0 atom stereocenters. The summed E-state index contributed by atoms with van der Waals surface area (Å²) in [6.07, 6.45) is 5.67. The number of carbonyl (C=O) groups is 1. The average Bonchev–Trinajstić information content (AvgIpc) is 2.31. The molecule has 1 aliphatic rings. The van der Waals surface area contributed by atoms with Crippen molar-refractivity contribution in [3.05, 3.63) is 45.2 Å². The maximum absolute atomic E-state index is 12.0. The average molecular weight is 250 g/mol. The van der Waals surface area contributed by atoms with Crippen LogP contribution < -0.4 is 0 Å². The fourth-order valence-corrected chi connectivity index (χ4v) is 3.58. The van der Waals surface area contributed by atoms with E-state index in [-0.39, 0.29) is 5.78 Å². The molecule has 0 radical (unpaired) electrons. The van der Waals surface area contributed by atoms with Gasteiger partial charge in [-0.05, 0) is 30.1 Å². The maximum Gasteiger partial charge on any atom is 0.167 e. The van der Waals surface area contributed by atoms with Crippen LogP contribution in [-0.4, -0.2) is 18.3 Å². The molecule has 0 N–H and O–H groups in total. The van der Waals surface area contributed by atoms with Gasteiger partial charge in [0.25, 0.3) is 0 Å². The highest BCUT2D eigenvalue weighted by atomic mass is 32.2. The highest BCUT2D eigenvalue weighted by Crippen LogP contribution is 2.35. The molecule has 0 spiro atoms. The number of fused-ring (bicyclic) bond motifs is 1. The lowest BCUT2D eigenvalue weighted by molar-refractivity contribution is 0.0987. The highest BCUT2D eigenvalue weighted by molar-refractivity contribution is 8.21. The third kappa shape index (κ3) is 2.20. The van der Waals surface area contributed by atoms with E-state index in [2.05, 4.69) is 18.6 Å². The summed E-state index contributed by atoms with van der Waals surface area (Å²) in [6.45, 7) is 0. The summed E-state index contributed by atoms with van der Waals surface area (Å²) in [5.74, 6) is 0.262. The van der Waals surface area contributed by atoms with Gasteiger partial charge in [-0.2, -0.15) is 0 Å². The zero-order chi connectivity index (χ0) is 11.5. The predicted octanol–water partition coefficient (Wildman–Crippen LogP) is 3.75. The zero-order valence-corrected chi connectivity index (χ0v) is 11.1. The number of hydrogen-bond acceptors (Lipinski definition) is 3. The first kappa shape index (κ1) is 11.8. The summed E-state index contributed by atoms with van der Waals surface area (Å²) >= 11 is 3.49. The minimum absolute atomic E-state index is 0.262. The third-order valence-corrected chi connectivity index (χ3v) is 5.07. The van der Waals surface area contributed by atoms with Crippen molar-refractivity contribution in [3.63, 3.8) is 0 Å². The van der Waals surface area contributed by atoms with E-state index in [1.807, 2.05) is 18.2 Å². The van der Waals surface area contributed by atoms with E-state index in [0.29, 0.717) is 6.42 Å². The number of rotatable bonds is 2. The largest absolute Gasteiger partial charge is 0.294 e. The van der Waals surface area contributed by atoms with Crippen LogP contribution in [-0.2, 0) is 6.42 Å². The van der Waals surface area contributed by atoms with Crippen LogP contribution in [0.5, 0.6) is 0 Å². The van der Waals surface area contributed by atoms with Crippen molar-refractivity contribution in [3.8, 4) is 0 Å². The number of carbonyl (C=O) groups excluding carboxylic acids is 1. The van der Waals surface area contributed by atoms with Crippen LogP contribution in [0, 0.1) is 0 Å². The van der Waals surface area contributed by atoms with E-state index in [4.69, 9.17) is 0 Å². The molecule has 0 saturated heterocycles. The maximum atomic E-state index is 12.0. The van der Waals surface area contributed by atoms with Gasteiger partial charge in [0.05, 0.1) is 0 Å². The van der Waals surface area contributed by atoms with Crippen molar-refractivity contribution in [2.75, 3.05) is 12.5 Å². The Labute approximate surface area is 105 Å². The number of ketones is 1. The zero-order valence-electron chi connectivity index (χ0n) is 9.45. The molecule has 1 nitrogen and oxygen atoms in total. The summed E-state index contributed by atoms with van der Waals surface area (Å²) < 4.78 is 1.29. The predicted molar refractivity (Wildman–Crippen MR) is 73.1 cm³/mol. The number of hydrogen-bond donors (Lipinski definition) is 0. The number of allylic oxidation sites excluding steroid dienone is 1. The van der Waals surface area contributed by atoms with Gasteiger partial charge in [-0.3, -0.25) is 4.79 Å². The second-order valence-electron chi connectivity index (χ2n) is 3.73. The van der Waals surface area contributed by atoms with Gasteiger partial charge in [-0.15, -0.1) is 23.5 Å². The molecule has 1 aromatic carbocycles. The van der Waals surface area contributed by atoms with Gasteiger partial charge < -0.3 is 0 Å². The molecule has 16 heavy (non-hydrogen) atoms. The van der Waals surface area contributed by atoms with Crippen molar-refractivity contribution in [2.45, 2.75) is 12.8 Å². The van der Waals surface area contributed by atoms with Crippen LogP contribution in [0.15, 0.2) is 34.1 Å². The summed E-state index contributed by atoms with van der Waals surface area (Å²) in [4.78, 5) is 12.0. The van der Waals surface area contributed by atoms with Crippen molar-refractivity contribution < 1.29 is 4.79 Å². The van der Waals surface area contributed by atoms with Crippen LogP contribution in [0.3, 0.4) is 0 Å². The molecule has 0 amide bonds. The topological polar surface area (TPSA) is 17.1 Å². The third-order valence-electron chi connectivity index (χ3n) is 2.76. The smallest absolute Gasteiger partial charge is 0.167 e. The van der Waals surface area contributed by atoms with Gasteiger partial charge >= 0.3 is 0 Å². The lowest BCUT2D eigenvalue weighted by Crippen LogP contribution is -2.13. The normalized spacial score (nSPS) is 14.9. The van der Waals surface area contributed by atoms with Gasteiger partial charge in [0.1, 0.15) is 0 Å². The van der Waals surface area contributed by atoms with Crippen molar-refractivity contribution >= 4 is 29.3 Å². The summed E-state index contributed by atoms with van der Waals surface area (Å²) in [6, 6.07) is 7.94. The molecule has 1 aliphatic carbocycles. The number of Topliss-reactive ketones (excluding diaryl/α,β-unsaturated/α-hetero) is 1. The fourth-order valence-electron chi connectivity index (χ4n) is 2.04. The Hall–Kier alpha value is -0.670. The van der Waals surface area contributed by atoms with E-state index in [1.54, 1.807) is 23.5 Å². The first-order valence-corrected chi connectivity index (χ1v) is 7.62. The number of benzene rings is 1. The Morgan fingerprint density at radius 1 is 1.12 bits per heavy atom. The van der Waals surface area contributed by atoms with Gasteiger partial charge in [0.2, 0.25) is 0 Å². The molecule has 0 saturated carbocycles. The standard InChI is InChI=1S/C13H14OS2/c1-15-13(16-2)10-7-9-5-3-4-6-11(9)12(14)8-10/h3-6H,7-8H2,1-2H3. The Morgan fingerprint density at radius 3 is 2.50 bits per heavy atom. The van der Waals surface area contributed by atoms with Crippen molar-refractivity contribution in [1.82, 2.24) is 0 Å². The van der Waals surface area contributed by atoms with E-state index < -0.39 is 0 Å². The lowest BCUT2D eigenvalue weighted by Gasteiger charge is -2.19. The van der Waals surface area contributed by atoms with Crippen LogP contribution in [0.25, 0.3) is 0 Å². The van der Waals surface area contributed by atoms with Crippen LogP contribution in [0.2, 0.25) is 0 Å². The van der Waals surface area contributed by atoms with E-state index in [1.165, 1.54) is 15.4 Å². The Morgan fingerprint density at radius 2 is 1.81 bits per heavy atom. The molecule has 1 aromatic rings. The SMILES string of the molecule is CSC(SC)=C1CC(=O)c2ccccc2C1. The summed E-state index contributed by atoms with van der Waals surface area (Å²) in [5.41, 5.74) is 3.37. The lowest BCUT2D eigenvalue weighted by atomic mass is 9.88. The van der Waals surface area contributed by atoms with Gasteiger partial charge in [-0.1, -0.05) is 24.3 Å². The first-order valence-electron chi connectivity index (χ1n) is 5.17. The van der Waals surface area contributed by atoms with E-state index in [9.17, 15) is 4.79 Å². The summed E-state index contributed by atoms with van der Waals surface area (Å²) in [7, 11) is 0. The first-order chi connectivity index (χ1) is 7.76. The minimum Gasteiger partial charge on any atom is -0.294 e. The monoisotopic (exact) mass is 250 g/mol. The van der Waals surface area contributed by atoms with Crippen LogP contribution in [0.1, 0.15) is 22.3 Å². The quantitative estimate of drug-likeness (QED) is 0.795. The second kappa shape index (κ2) is 5.11.